The number of esters is 1. The molecule has 0 bridgehead atoms. The van der Waals surface area contributed by atoms with Crippen molar-refractivity contribution in [3.63, 3.8) is 0 Å². The fourth-order valence-electron chi connectivity index (χ4n) is 4.05. The highest BCUT2D eigenvalue weighted by Crippen LogP contribution is 2.39. The molecule has 2 heterocycles. The fraction of sp³-hybridized carbons (Fsp3) is 0.292. The molecule has 0 saturated carbocycles. The predicted molar refractivity (Wildman–Crippen MR) is 115 cm³/mol. The SMILES string of the molecule is COc1ccc(OC)c([C@@H]2CCCN2C(=O)COC(=O)c2cccc3cccnc23)c1. The van der Waals surface area contributed by atoms with Crippen LogP contribution < -0.4 is 9.47 Å². The molecule has 1 saturated heterocycles. The highest BCUT2D eigenvalue weighted by molar-refractivity contribution is 6.03. The third kappa shape index (κ3) is 4.17. The zero-order valence-electron chi connectivity index (χ0n) is 17.5. The first kappa shape index (κ1) is 20.7. The van der Waals surface area contributed by atoms with Crippen molar-refractivity contribution in [3.05, 3.63) is 65.9 Å². The number of benzene rings is 2. The minimum atomic E-state index is -0.563. The van der Waals surface area contributed by atoms with E-state index < -0.39 is 5.97 Å². The van der Waals surface area contributed by atoms with Gasteiger partial charge in [-0.3, -0.25) is 9.78 Å². The van der Waals surface area contributed by atoms with E-state index in [0.717, 1.165) is 23.8 Å². The summed E-state index contributed by atoms with van der Waals surface area (Å²) in [7, 11) is 3.21. The lowest BCUT2D eigenvalue weighted by atomic mass is 10.0. The lowest BCUT2D eigenvalue weighted by molar-refractivity contribution is -0.135. The number of nitrogens with zero attached hydrogens (tertiary/aromatic N) is 2. The lowest BCUT2D eigenvalue weighted by Crippen LogP contribution is -2.34. The number of likely N-dealkylation sites (tertiary alicyclic amines) is 1. The monoisotopic (exact) mass is 420 g/mol. The first-order chi connectivity index (χ1) is 15.1. The largest absolute Gasteiger partial charge is 0.497 e. The zero-order valence-corrected chi connectivity index (χ0v) is 17.5. The number of aromatic nitrogens is 1. The van der Waals surface area contributed by atoms with Gasteiger partial charge in [0.25, 0.3) is 5.91 Å². The Kier molecular flexibility index (Phi) is 6.02. The smallest absolute Gasteiger partial charge is 0.340 e. The topological polar surface area (TPSA) is 78.0 Å². The average Bonchev–Trinajstić information content (AvgIpc) is 3.31. The summed E-state index contributed by atoms with van der Waals surface area (Å²) < 4.78 is 16.2. The Labute approximate surface area is 180 Å². The van der Waals surface area contributed by atoms with E-state index in [-0.39, 0.29) is 18.6 Å². The number of para-hydroxylation sites is 1. The van der Waals surface area contributed by atoms with Crippen LogP contribution in [0.3, 0.4) is 0 Å². The van der Waals surface area contributed by atoms with Crippen LogP contribution in [0.2, 0.25) is 0 Å². The standard InChI is InChI=1S/C24H24N2O5/c1-29-17-10-11-21(30-2)19(14-17)20-9-5-13-26(20)22(27)15-31-24(28)18-8-3-6-16-7-4-12-25-23(16)18/h3-4,6-8,10-12,14,20H,5,9,13,15H2,1-2H3/t20-/m0/s1. The molecule has 1 fully saturated rings. The van der Waals surface area contributed by atoms with E-state index in [0.29, 0.717) is 29.1 Å². The first-order valence-corrected chi connectivity index (χ1v) is 10.1. The number of ether oxygens (including phenoxy) is 3. The molecular weight excluding hydrogens is 396 g/mol. The van der Waals surface area contributed by atoms with Gasteiger partial charge in [-0.15, -0.1) is 0 Å². The number of pyridine rings is 1. The van der Waals surface area contributed by atoms with Gasteiger partial charge in [-0.2, -0.15) is 0 Å². The van der Waals surface area contributed by atoms with E-state index in [4.69, 9.17) is 14.2 Å². The summed E-state index contributed by atoms with van der Waals surface area (Å²) >= 11 is 0. The van der Waals surface area contributed by atoms with Crippen LogP contribution in [0.4, 0.5) is 0 Å². The van der Waals surface area contributed by atoms with Crippen molar-refractivity contribution in [1.29, 1.82) is 0 Å². The number of methoxy groups -OCH3 is 2. The number of hydrogen-bond acceptors (Lipinski definition) is 6. The summed E-state index contributed by atoms with van der Waals surface area (Å²) in [6.45, 7) is 0.266. The molecule has 2 aromatic carbocycles. The molecule has 31 heavy (non-hydrogen) atoms. The second-order valence-corrected chi connectivity index (χ2v) is 7.31. The summed E-state index contributed by atoms with van der Waals surface area (Å²) in [6, 6.07) is 14.4. The first-order valence-electron chi connectivity index (χ1n) is 10.1. The molecule has 3 aromatic rings. The molecule has 1 aliphatic rings. The molecule has 0 spiro atoms. The van der Waals surface area contributed by atoms with Crippen LogP contribution in [0.15, 0.2) is 54.7 Å². The molecule has 0 unspecified atom stereocenters. The maximum atomic E-state index is 12.9. The number of carbonyl (C=O) groups excluding carboxylic acids is 2. The Morgan fingerprint density at radius 3 is 2.74 bits per heavy atom. The van der Waals surface area contributed by atoms with Gasteiger partial charge in [0, 0.05) is 23.7 Å². The highest BCUT2D eigenvalue weighted by Gasteiger charge is 2.32. The minimum absolute atomic E-state index is 0.157. The Bertz CT molecular complexity index is 1110. The Balaban J connectivity index is 1.49. The molecule has 0 radical (unpaired) electrons. The Morgan fingerprint density at radius 1 is 1.10 bits per heavy atom. The van der Waals surface area contributed by atoms with Gasteiger partial charge in [-0.05, 0) is 43.2 Å². The molecule has 0 N–H and O–H groups in total. The normalized spacial score (nSPS) is 15.7. The number of hydrogen-bond donors (Lipinski definition) is 0. The van der Waals surface area contributed by atoms with E-state index in [1.807, 2.05) is 30.3 Å². The predicted octanol–water partition coefficient (Wildman–Crippen LogP) is 3.77. The second-order valence-electron chi connectivity index (χ2n) is 7.31. The van der Waals surface area contributed by atoms with E-state index in [1.165, 1.54) is 0 Å². The lowest BCUT2D eigenvalue weighted by Gasteiger charge is -2.26. The van der Waals surface area contributed by atoms with Crippen molar-refractivity contribution in [1.82, 2.24) is 9.88 Å². The van der Waals surface area contributed by atoms with Gasteiger partial charge in [-0.1, -0.05) is 18.2 Å². The maximum absolute atomic E-state index is 12.9. The molecule has 1 atom stereocenters. The van der Waals surface area contributed by atoms with Crippen LogP contribution in [-0.4, -0.2) is 49.1 Å². The van der Waals surface area contributed by atoms with Gasteiger partial charge in [-0.25, -0.2) is 4.79 Å². The molecule has 7 nitrogen and oxygen atoms in total. The third-order valence-electron chi connectivity index (χ3n) is 5.55. The van der Waals surface area contributed by atoms with Crippen LogP contribution >= 0.6 is 0 Å². The van der Waals surface area contributed by atoms with E-state index in [2.05, 4.69) is 4.98 Å². The van der Waals surface area contributed by atoms with Crippen LogP contribution in [0.5, 0.6) is 11.5 Å². The van der Waals surface area contributed by atoms with Crippen molar-refractivity contribution >= 4 is 22.8 Å². The summed E-state index contributed by atoms with van der Waals surface area (Å²) in [5.41, 5.74) is 1.79. The summed E-state index contributed by atoms with van der Waals surface area (Å²) in [5, 5.41) is 0.841. The molecule has 1 aliphatic heterocycles. The molecule has 4 rings (SSSR count). The summed E-state index contributed by atoms with van der Waals surface area (Å²) in [6.07, 6.45) is 3.29. The molecular formula is C24H24N2O5. The zero-order chi connectivity index (χ0) is 21.8. The van der Waals surface area contributed by atoms with E-state index in [9.17, 15) is 9.59 Å². The van der Waals surface area contributed by atoms with Crippen LogP contribution in [0, 0.1) is 0 Å². The maximum Gasteiger partial charge on any atom is 0.340 e. The Hall–Kier alpha value is -3.61. The molecule has 160 valence electrons. The highest BCUT2D eigenvalue weighted by atomic mass is 16.5. The van der Waals surface area contributed by atoms with Crippen LogP contribution in [0.1, 0.15) is 34.8 Å². The number of fused-ring (bicyclic) bond motifs is 1. The van der Waals surface area contributed by atoms with Crippen molar-refractivity contribution in [2.45, 2.75) is 18.9 Å². The van der Waals surface area contributed by atoms with Gasteiger partial charge in [0.15, 0.2) is 6.61 Å². The van der Waals surface area contributed by atoms with Gasteiger partial charge in [0.1, 0.15) is 11.5 Å². The third-order valence-corrected chi connectivity index (χ3v) is 5.55. The van der Waals surface area contributed by atoms with Crippen molar-refractivity contribution < 1.29 is 23.8 Å². The minimum Gasteiger partial charge on any atom is -0.497 e. The van der Waals surface area contributed by atoms with Gasteiger partial charge in [0.05, 0.1) is 31.3 Å². The van der Waals surface area contributed by atoms with E-state index >= 15 is 0 Å². The fourth-order valence-corrected chi connectivity index (χ4v) is 4.05. The van der Waals surface area contributed by atoms with Crippen molar-refractivity contribution in [2.24, 2.45) is 0 Å². The van der Waals surface area contributed by atoms with Crippen molar-refractivity contribution in [3.8, 4) is 11.5 Å². The molecule has 7 heteroatoms. The number of amides is 1. The molecule has 0 aliphatic carbocycles. The van der Waals surface area contributed by atoms with Gasteiger partial charge < -0.3 is 19.1 Å². The van der Waals surface area contributed by atoms with Gasteiger partial charge >= 0.3 is 5.97 Å². The van der Waals surface area contributed by atoms with Gasteiger partial charge in [0.2, 0.25) is 0 Å². The summed E-state index contributed by atoms with van der Waals surface area (Å²) in [4.78, 5) is 31.6. The van der Waals surface area contributed by atoms with Crippen molar-refractivity contribution in [2.75, 3.05) is 27.4 Å². The molecule has 1 aromatic heterocycles. The summed E-state index contributed by atoms with van der Waals surface area (Å²) in [5.74, 6) is 0.593. The number of rotatable bonds is 6. The second kappa shape index (κ2) is 9.04. The van der Waals surface area contributed by atoms with Crippen LogP contribution in [-0.2, 0) is 9.53 Å². The number of carbonyl (C=O) groups is 2. The quantitative estimate of drug-likeness (QED) is 0.565. The molecule has 1 amide bonds. The average molecular weight is 420 g/mol. The van der Waals surface area contributed by atoms with Crippen LogP contribution in [0.25, 0.3) is 10.9 Å². The van der Waals surface area contributed by atoms with E-state index in [1.54, 1.807) is 43.5 Å². The Morgan fingerprint density at radius 2 is 1.94 bits per heavy atom.